The summed E-state index contributed by atoms with van der Waals surface area (Å²) in [4.78, 5) is 36.7. The quantitative estimate of drug-likeness (QED) is 0.176. The highest BCUT2D eigenvalue weighted by atomic mass is 16.5. The van der Waals surface area contributed by atoms with Crippen LogP contribution in [0.4, 0.5) is 0 Å². The van der Waals surface area contributed by atoms with Crippen LogP contribution >= 0.6 is 0 Å². The molecule has 0 amide bonds. The second-order valence-corrected chi connectivity index (χ2v) is 6.88. The molecule has 0 bridgehead atoms. The first-order valence-electron chi connectivity index (χ1n) is 10.1. The summed E-state index contributed by atoms with van der Waals surface area (Å²) in [7, 11) is 4.49. The van der Waals surface area contributed by atoms with E-state index in [9.17, 15) is 19.5 Å². The largest absolute Gasteiger partial charge is 0.496 e. The smallest absolute Gasteiger partial charge is 0.307 e. The van der Waals surface area contributed by atoms with E-state index in [-0.39, 0.29) is 12.2 Å². The van der Waals surface area contributed by atoms with Crippen LogP contribution in [0, 0.1) is 0 Å². The Balaban J connectivity index is 2.27. The van der Waals surface area contributed by atoms with Gasteiger partial charge in [-0.25, -0.2) is 0 Å². The predicted octanol–water partition coefficient (Wildman–Crippen LogP) is 3.52. The number of hydrogen-bond donors (Lipinski definition) is 1. The van der Waals surface area contributed by atoms with Crippen molar-refractivity contribution in [2.75, 3.05) is 21.3 Å². The van der Waals surface area contributed by atoms with Crippen molar-refractivity contribution in [3.8, 4) is 17.2 Å². The fourth-order valence-corrected chi connectivity index (χ4v) is 2.89. The molecule has 0 fully saturated rings. The van der Waals surface area contributed by atoms with Gasteiger partial charge in [0.2, 0.25) is 0 Å². The van der Waals surface area contributed by atoms with Crippen molar-refractivity contribution in [3.63, 3.8) is 0 Å². The summed E-state index contributed by atoms with van der Waals surface area (Å²) in [6.07, 6.45) is 6.19. The molecular formula is C26H26O8. The first-order valence-corrected chi connectivity index (χ1v) is 10.1. The molecular weight excluding hydrogens is 440 g/mol. The number of methoxy groups -OCH3 is 3. The van der Waals surface area contributed by atoms with E-state index in [1.165, 1.54) is 45.6 Å². The minimum atomic E-state index is -0.673. The van der Waals surface area contributed by atoms with Crippen molar-refractivity contribution in [2.24, 2.45) is 0 Å². The van der Waals surface area contributed by atoms with Gasteiger partial charge in [0.05, 0.1) is 27.9 Å². The summed E-state index contributed by atoms with van der Waals surface area (Å²) in [6.45, 7) is 0.919. The van der Waals surface area contributed by atoms with Crippen molar-refractivity contribution < 1.29 is 38.4 Å². The normalized spacial score (nSPS) is 11.5. The number of rotatable bonds is 11. The topological polar surface area (TPSA) is 108 Å². The predicted molar refractivity (Wildman–Crippen MR) is 126 cm³/mol. The standard InChI is InChI=1S/C26H26O8/c1-17(28)34-16-21(22(29)9-5-18-7-11-24(31-2)20(13-18)15-27)23(30)10-6-19-8-12-25(32-3)26(14-19)33-4/h5-14,16,27H,15H2,1-4H3. The highest BCUT2D eigenvalue weighted by Gasteiger charge is 2.15. The number of allylic oxidation sites excluding steroid dienone is 3. The maximum atomic E-state index is 12.7. The minimum absolute atomic E-state index is 0.240. The summed E-state index contributed by atoms with van der Waals surface area (Å²) < 4.78 is 20.4. The van der Waals surface area contributed by atoms with Crippen molar-refractivity contribution in [3.05, 3.63) is 77.1 Å². The zero-order chi connectivity index (χ0) is 25.1. The molecule has 2 rings (SSSR count). The Morgan fingerprint density at radius 3 is 1.82 bits per heavy atom. The Morgan fingerprint density at radius 1 is 0.794 bits per heavy atom. The molecule has 2 aromatic carbocycles. The SMILES string of the molecule is COc1ccc(C=CC(=O)C(=COC(C)=O)C(=O)C=Cc2ccc(OC)c(OC)c2)cc1CO. The molecule has 34 heavy (non-hydrogen) atoms. The number of aliphatic hydroxyl groups is 1. The number of benzene rings is 2. The first kappa shape index (κ1) is 26.1. The van der Waals surface area contributed by atoms with Crippen LogP contribution in [-0.2, 0) is 25.7 Å². The van der Waals surface area contributed by atoms with E-state index in [2.05, 4.69) is 0 Å². The highest BCUT2D eigenvalue weighted by Crippen LogP contribution is 2.28. The van der Waals surface area contributed by atoms with Gasteiger partial charge in [-0.2, -0.15) is 0 Å². The lowest BCUT2D eigenvalue weighted by atomic mass is 10.0. The number of esters is 1. The molecule has 0 unspecified atom stereocenters. The van der Waals surface area contributed by atoms with E-state index in [1.807, 2.05) is 0 Å². The Kier molecular flexibility index (Phi) is 9.79. The molecule has 0 aliphatic carbocycles. The second-order valence-electron chi connectivity index (χ2n) is 6.88. The van der Waals surface area contributed by atoms with Crippen LogP contribution in [-0.4, -0.2) is 44.0 Å². The third-order valence-electron chi connectivity index (χ3n) is 4.61. The van der Waals surface area contributed by atoms with Crippen LogP contribution in [0.5, 0.6) is 17.2 Å². The van der Waals surface area contributed by atoms with Crippen LogP contribution in [0.15, 0.2) is 60.4 Å². The van der Waals surface area contributed by atoms with Gasteiger partial charge in [0.15, 0.2) is 23.1 Å². The third kappa shape index (κ3) is 7.18. The number of ether oxygens (including phenoxy) is 4. The zero-order valence-electron chi connectivity index (χ0n) is 19.4. The summed E-state index contributed by atoms with van der Waals surface area (Å²) in [5.41, 5.74) is 1.45. The molecule has 0 saturated carbocycles. The molecule has 2 aromatic rings. The van der Waals surface area contributed by atoms with Crippen molar-refractivity contribution >= 4 is 29.7 Å². The Labute approximate surface area is 197 Å². The fraction of sp³-hybridized carbons (Fsp3) is 0.192. The highest BCUT2D eigenvalue weighted by molar-refractivity contribution is 6.28. The molecule has 1 N–H and O–H groups in total. The van der Waals surface area contributed by atoms with E-state index in [4.69, 9.17) is 18.9 Å². The van der Waals surface area contributed by atoms with Gasteiger partial charge >= 0.3 is 5.97 Å². The monoisotopic (exact) mass is 466 g/mol. The molecule has 178 valence electrons. The van der Waals surface area contributed by atoms with Gasteiger partial charge in [0.1, 0.15) is 17.6 Å². The lowest BCUT2D eigenvalue weighted by Gasteiger charge is -2.07. The van der Waals surface area contributed by atoms with E-state index in [0.717, 1.165) is 13.2 Å². The number of ketones is 2. The van der Waals surface area contributed by atoms with E-state index in [1.54, 1.807) is 36.4 Å². The van der Waals surface area contributed by atoms with Crippen molar-refractivity contribution in [1.29, 1.82) is 0 Å². The van der Waals surface area contributed by atoms with Crippen molar-refractivity contribution in [2.45, 2.75) is 13.5 Å². The Morgan fingerprint density at radius 2 is 1.32 bits per heavy atom. The van der Waals surface area contributed by atoms with Gasteiger partial charge in [-0.15, -0.1) is 0 Å². The lowest BCUT2D eigenvalue weighted by molar-refractivity contribution is -0.135. The molecule has 0 atom stereocenters. The van der Waals surface area contributed by atoms with Crippen LogP contribution in [0.1, 0.15) is 23.6 Å². The van der Waals surface area contributed by atoms with Gasteiger partial charge in [-0.1, -0.05) is 24.3 Å². The van der Waals surface area contributed by atoms with E-state index < -0.39 is 17.5 Å². The Hall–Kier alpha value is -4.17. The number of carbonyl (C=O) groups excluding carboxylic acids is 3. The van der Waals surface area contributed by atoms with E-state index in [0.29, 0.717) is 33.9 Å². The minimum Gasteiger partial charge on any atom is -0.496 e. The molecule has 8 heteroatoms. The lowest BCUT2D eigenvalue weighted by Crippen LogP contribution is -2.10. The molecule has 0 saturated heterocycles. The average Bonchev–Trinajstić information content (AvgIpc) is 2.85. The average molecular weight is 466 g/mol. The molecule has 0 radical (unpaired) electrons. The fourth-order valence-electron chi connectivity index (χ4n) is 2.89. The van der Waals surface area contributed by atoms with Gasteiger partial charge in [0, 0.05) is 12.5 Å². The maximum Gasteiger partial charge on any atom is 0.307 e. The summed E-state index contributed by atoms with van der Waals surface area (Å²) in [5.74, 6) is -0.468. The first-order chi connectivity index (χ1) is 16.3. The summed E-state index contributed by atoms with van der Waals surface area (Å²) >= 11 is 0. The second kappa shape index (κ2) is 12.8. The van der Waals surface area contributed by atoms with Gasteiger partial charge in [-0.3, -0.25) is 14.4 Å². The van der Waals surface area contributed by atoms with Crippen molar-refractivity contribution in [1.82, 2.24) is 0 Å². The van der Waals surface area contributed by atoms with Gasteiger partial charge in [-0.05, 0) is 47.5 Å². The van der Waals surface area contributed by atoms with Crippen LogP contribution in [0.2, 0.25) is 0 Å². The van der Waals surface area contributed by atoms with Crippen LogP contribution < -0.4 is 14.2 Å². The Bertz CT molecular complexity index is 1060. The summed E-state index contributed by atoms with van der Waals surface area (Å²) in [6, 6.07) is 10.1. The number of hydrogen-bond acceptors (Lipinski definition) is 8. The molecule has 0 aliphatic rings. The molecule has 0 heterocycles. The van der Waals surface area contributed by atoms with Crippen LogP contribution in [0.3, 0.4) is 0 Å². The molecule has 0 aliphatic heterocycles. The third-order valence-corrected chi connectivity index (χ3v) is 4.61. The molecule has 0 spiro atoms. The zero-order valence-corrected chi connectivity index (χ0v) is 19.4. The number of carbonyl (C=O) groups is 3. The molecule has 0 aromatic heterocycles. The van der Waals surface area contributed by atoms with E-state index >= 15 is 0 Å². The number of aliphatic hydroxyl groups excluding tert-OH is 1. The van der Waals surface area contributed by atoms with Gasteiger partial charge in [0.25, 0.3) is 0 Å². The maximum absolute atomic E-state index is 12.7. The summed E-state index contributed by atoms with van der Waals surface area (Å²) in [5, 5.41) is 9.45. The van der Waals surface area contributed by atoms with Gasteiger partial charge < -0.3 is 24.1 Å². The van der Waals surface area contributed by atoms with Crippen LogP contribution in [0.25, 0.3) is 12.2 Å². The molecule has 8 nitrogen and oxygen atoms in total.